The summed E-state index contributed by atoms with van der Waals surface area (Å²) in [6, 6.07) is -0.242. The van der Waals surface area contributed by atoms with Crippen LogP contribution in [0.2, 0.25) is 0 Å². The Balaban J connectivity index is 3.94. The van der Waals surface area contributed by atoms with Crippen LogP contribution in [0.5, 0.6) is 0 Å². The molecule has 1 unspecified atom stereocenters. The lowest BCUT2D eigenvalue weighted by molar-refractivity contribution is -0.155. The fourth-order valence-corrected chi connectivity index (χ4v) is 0.588. The lowest BCUT2D eigenvalue weighted by Crippen LogP contribution is -2.38. The Kier molecular flexibility index (Phi) is 3.76. The summed E-state index contributed by atoms with van der Waals surface area (Å²) in [7, 11) is 1.19. The molecule has 0 aromatic carbocycles. The van der Waals surface area contributed by atoms with Gasteiger partial charge in [-0.15, -0.1) is 11.6 Å². The predicted octanol–water partition coefficient (Wildman–Crippen LogP) is 2.24. The SMILES string of the molecule is CN(CCl)C(Cl)C(F)(F)F. The zero-order valence-electron chi connectivity index (χ0n) is 5.12. The summed E-state index contributed by atoms with van der Waals surface area (Å²) in [4.78, 5) is 0.781. The van der Waals surface area contributed by atoms with Gasteiger partial charge in [0.15, 0.2) is 5.50 Å². The topological polar surface area (TPSA) is 3.24 Å². The average molecular weight is 196 g/mol. The van der Waals surface area contributed by atoms with Crippen LogP contribution in [-0.2, 0) is 0 Å². The van der Waals surface area contributed by atoms with Crippen molar-refractivity contribution in [3.63, 3.8) is 0 Å². The van der Waals surface area contributed by atoms with E-state index in [-0.39, 0.29) is 6.00 Å². The highest BCUT2D eigenvalue weighted by Crippen LogP contribution is 2.26. The summed E-state index contributed by atoms with van der Waals surface area (Å²) < 4.78 is 35.0. The molecule has 0 rings (SSSR count). The highest BCUT2D eigenvalue weighted by molar-refractivity contribution is 6.22. The first-order valence-corrected chi connectivity index (χ1v) is 3.33. The lowest BCUT2D eigenvalue weighted by atomic mass is 10.6. The molecule has 62 valence electrons. The van der Waals surface area contributed by atoms with E-state index in [9.17, 15) is 13.2 Å². The van der Waals surface area contributed by atoms with Crippen LogP contribution < -0.4 is 0 Å². The molecular formula is C4H6Cl2F3N. The molecule has 1 atom stereocenters. The van der Waals surface area contributed by atoms with Gasteiger partial charge in [0.2, 0.25) is 0 Å². The van der Waals surface area contributed by atoms with Crippen LogP contribution in [0.15, 0.2) is 0 Å². The molecule has 0 N–H and O–H groups in total. The van der Waals surface area contributed by atoms with Crippen LogP contribution in [0.25, 0.3) is 0 Å². The third-order valence-corrected chi connectivity index (χ3v) is 1.80. The third-order valence-electron chi connectivity index (χ3n) is 0.846. The fourth-order valence-electron chi connectivity index (χ4n) is 0.310. The second-order valence-corrected chi connectivity index (χ2v) is 2.41. The van der Waals surface area contributed by atoms with Crippen LogP contribution in [0.1, 0.15) is 0 Å². The van der Waals surface area contributed by atoms with Gasteiger partial charge in [-0.25, -0.2) is 0 Å². The minimum atomic E-state index is -4.41. The van der Waals surface area contributed by atoms with Crippen molar-refractivity contribution < 1.29 is 13.2 Å². The van der Waals surface area contributed by atoms with Gasteiger partial charge in [0, 0.05) is 0 Å². The van der Waals surface area contributed by atoms with Crippen molar-refractivity contribution in [1.82, 2.24) is 4.90 Å². The number of hydrogen-bond acceptors (Lipinski definition) is 1. The maximum absolute atomic E-state index is 11.7. The molecule has 0 bridgehead atoms. The Bertz CT molecular complexity index is 105. The van der Waals surface area contributed by atoms with E-state index in [4.69, 9.17) is 23.2 Å². The van der Waals surface area contributed by atoms with E-state index < -0.39 is 11.7 Å². The molecule has 0 aliphatic heterocycles. The molecule has 0 saturated carbocycles. The molecule has 0 fully saturated rings. The van der Waals surface area contributed by atoms with Gasteiger partial charge in [0.1, 0.15) is 0 Å². The van der Waals surface area contributed by atoms with Gasteiger partial charge in [-0.3, -0.25) is 4.90 Å². The van der Waals surface area contributed by atoms with E-state index in [1.165, 1.54) is 7.05 Å². The van der Waals surface area contributed by atoms with Gasteiger partial charge in [-0.05, 0) is 7.05 Å². The molecule has 1 nitrogen and oxygen atoms in total. The molecule has 0 aliphatic rings. The first kappa shape index (κ1) is 10.3. The average Bonchev–Trinajstić information content (AvgIpc) is 1.83. The maximum atomic E-state index is 11.7. The van der Waals surface area contributed by atoms with Crippen LogP contribution >= 0.6 is 23.2 Å². The number of halogens is 5. The molecule has 0 heterocycles. The maximum Gasteiger partial charge on any atom is 0.418 e. The Morgan fingerprint density at radius 1 is 1.50 bits per heavy atom. The third kappa shape index (κ3) is 2.94. The molecule has 0 aliphatic carbocycles. The van der Waals surface area contributed by atoms with Gasteiger partial charge in [-0.1, -0.05) is 11.6 Å². The van der Waals surface area contributed by atoms with E-state index in [2.05, 4.69) is 0 Å². The van der Waals surface area contributed by atoms with E-state index in [1.807, 2.05) is 0 Å². The van der Waals surface area contributed by atoms with Crippen LogP contribution in [0.3, 0.4) is 0 Å². The van der Waals surface area contributed by atoms with Crippen molar-refractivity contribution in [3.05, 3.63) is 0 Å². The second-order valence-electron chi connectivity index (χ2n) is 1.75. The molecule has 0 saturated heterocycles. The minimum absolute atomic E-state index is 0.242. The van der Waals surface area contributed by atoms with Crippen molar-refractivity contribution in [3.8, 4) is 0 Å². The van der Waals surface area contributed by atoms with Gasteiger partial charge in [0.25, 0.3) is 0 Å². The minimum Gasteiger partial charge on any atom is -0.269 e. The molecule has 0 spiro atoms. The van der Waals surface area contributed by atoms with E-state index in [0.29, 0.717) is 0 Å². The Labute approximate surface area is 66.7 Å². The summed E-state index contributed by atoms with van der Waals surface area (Å²) in [6.45, 7) is 0. The second kappa shape index (κ2) is 3.64. The number of hydrogen-bond donors (Lipinski definition) is 0. The summed E-state index contributed by atoms with van der Waals surface area (Å²) in [5.41, 5.74) is -2.00. The summed E-state index contributed by atoms with van der Waals surface area (Å²) >= 11 is 10.0. The van der Waals surface area contributed by atoms with E-state index in [0.717, 1.165) is 4.90 Å². The Morgan fingerprint density at radius 2 is 1.90 bits per heavy atom. The summed E-state index contributed by atoms with van der Waals surface area (Å²) in [6.07, 6.45) is -4.41. The largest absolute Gasteiger partial charge is 0.418 e. The molecule has 10 heavy (non-hydrogen) atoms. The lowest BCUT2D eigenvalue weighted by Gasteiger charge is -2.21. The van der Waals surface area contributed by atoms with Crippen molar-refractivity contribution in [1.29, 1.82) is 0 Å². The van der Waals surface area contributed by atoms with Crippen molar-refractivity contribution in [2.45, 2.75) is 11.7 Å². The zero-order valence-corrected chi connectivity index (χ0v) is 6.63. The molecule has 0 amide bonds. The smallest absolute Gasteiger partial charge is 0.269 e. The number of alkyl halides is 5. The fraction of sp³-hybridized carbons (Fsp3) is 1.00. The molecule has 0 aromatic heterocycles. The number of nitrogens with zero attached hydrogens (tertiary/aromatic N) is 1. The first-order chi connectivity index (χ1) is 4.39. The van der Waals surface area contributed by atoms with Crippen molar-refractivity contribution in [2.24, 2.45) is 0 Å². The van der Waals surface area contributed by atoms with Crippen LogP contribution in [-0.4, -0.2) is 29.6 Å². The Morgan fingerprint density at radius 3 is 2.00 bits per heavy atom. The first-order valence-electron chi connectivity index (χ1n) is 2.36. The molecule has 0 aromatic rings. The summed E-state index contributed by atoms with van der Waals surface area (Å²) in [5, 5.41) is 0. The van der Waals surface area contributed by atoms with Crippen molar-refractivity contribution in [2.75, 3.05) is 13.1 Å². The van der Waals surface area contributed by atoms with Crippen LogP contribution in [0.4, 0.5) is 13.2 Å². The van der Waals surface area contributed by atoms with Crippen molar-refractivity contribution >= 4 is 23.2 Å². The van der Waals surface area contributed by atoms with E-state index >= 15 is 0 Å². The van der Waals surface area contributed by atoms with Crippen LogP contribution in [0, 0.1) is 0 Å². The van der Waals surface area contributed by atoms with Gasteiger partial charge < -0.3 is 0 Å². The molecular weight excluding hydrogens is 190 g/mol. The van der Waals surface area contributed by atoms with Gasteiger partial charge in [0.05, 0.1) is 6.00 Å². The highest BCUT2D eigenvalue weighted by atomic mass is 35.5. The van der Waals surface area contributed by atoms with Gasteiger partial charge in [-0.2, -0.15) is 13.2 Å². The monoisotopic (exact) mass is 195 g/mol. The normalized spacial score (nSPS) is 15.9. The predicted molar refractivity (Wildman–Crippen MR) is 34.2 cm³/mol. The zero-order chi connectivity index (χ0) is 8.36. The molecule has 0 radical (unpaired) electrons. The highest BCUT2D eigenvalue weighted by Gasteiger charge is 2.40. The van der Waals surface area contributed by atoms with E-state index in [1.54, 1.807) is 0 Å². The Hall–Kier alpha value is 0.330. The molecule has 6 heteroatoms. The van der Waals surface area contributed by atoms with Gasteiger partial charge >= 0.3 is 6.18 Å². The standard InChI is InChI=1S/C4H6Cl2F3N/c1-10(2-5)3(6)4(7,8)9/h3H,2H2,1H3. The summed E-state index contributed by atoms with van der Waals surface area (Å²) in [5.74, 6) is 0. The quantitative estimate of drug-likeness (QED) is 0.483. The number of rotatable bonds is 2.